The maximum Gasteiger partial charge on any atom is 0.241 e. The zero-order chi connectivity index (χ0) is 11.5. The Morgan fingerprint density at radius 3 is 2.88 bits per heavy atom. The number of halogens is 1. The molecule has 1 aliphatic rings. The topological polar surface area (TPSA) is 61.4 Å². The molecule has 0 bridgehead atoms. The van der Waals surface area contributed by atoms with Crippen molar-refractivity contribution >= 4 is 11.6 Å². The first-order valence-electron chi connectivity index (χ1n) is 5.13. The van der Waals surface area contributed by atoms with Gasteiger partial charge in [0.25, 0.3) is 0 Å². The second-order valence-electron chi connectivity index (χ2n) is 3.82. The summed E-state index contributed by atoms with van der Waals surface area (Å²) < 4.78 is 13.2. The van der Waals surface area contributed by atoms with E-state index in [4.69, 9.17) is 0 Å². The lowest BCUT2D eigenvalue weighted by Gasteiger charge is -2.11. The Morgan fingerprint density at radius 2 is 2.25 bits per heavy atom. The lowest BCUT2D eigenvalue weighted by Crippen LogP contribution is -2.35. The van der Waals surface area contributed by atoms with Crippen molar-refractivity contribution in [2.75, 3.05) is 11.9 Å². The predicted molar refractivity (Wildman–Crippen MR) is 57.4 cm³/mol. The molecule has 0 radical (unpaired) electrons. The molecule has 1 aromatic carbocycles. The fourth-order valence-electron chi connectivity index (χ4n) is 1.70. The highest BCUT2D eigenvalue weighted by molar-refractivity contribution is 5.95. The van der Waals surface area contributed by atoms with Gasteiger partial charge in [-0.1, -0.05) is 12.1 Å². The molecule has 1 aromatic rings. The standard InChI is InChI=1S/C11H13FN2O2/c12-8-3-1-2-4-9(8)14-11(16)10-5-7(15)6-13-10/h1-4,7,10,13,15H,5-6H2,(H,14,16). The third-order valence-corrected chi connectivity index (χ3v) is 2.56. The van der Waals surface area contributed by atoms with Crippen LogP contribution in [0.3, 0.4) is 0 Å². The van der Waals surface area contributed by atoms with Crippen molar-refractivity contribution in [2.45, 2.75) is 18.6 Å². The van der Waals surface area contributed by atoms with Crippen molar-refractivity contribution in [3.05, 3.63) is 30.1 Å². The smallest absolute Gasteiger partial charge is 0.241 e. The van der Waals surface area contributed by atoms with Crippen molar-refractivity contribution in [3.8, 4) is 0 Å². The molecular weight excluding hydrogens is 211 g/mol. The summed E-state index contributed by atoms with van der Waals surface area (Å²) in [6.45, 7) is 0.398. The second-order valence-corrected chi connectivity index (χ2v) is 3.82. The highest BCUT2D eigenvalue weighted by atomic mass is 19.1. The molecule has 2 atom stereocenters. The second kappa shape index (κ2) is 4.59. The molecule has 1 saturated heterocycles. The van der Waals surface area contributed by atoms with Crippen LogP contribution in [0.25, 0.3) is 0 Å². The number of anilines is 1. The van der Waals surface area contributed by atoms with Gasteiger partial charge >= 0.3 is 0 Å². The minimum Gasteiger partial charge on any atom is -0.392 e. The normalized spacial score (nSPS) is 24.4. The van der Waals surface area contributed by atoms with E-state index in [1.165, 1.54) is 12.1 Å². The van der Waals surface area contributed by atoms with Crippen LogP contribution in [0.4, 0.5) is 10.1 Å². The third kappa shape index (κ3) is 2.37. The minimum absolute atomic E-state index is 0.163. The van der Waals surface area contributed by atoms with Gasteiger partial charge < -0.3 is 15.7 Å². The Labute approximate surface area is 92.5 Å². The Hall–Kier alpha value is -1.46. The number of hydrogen-bond acceptors (Lipinski definition) is 3. The van der Waals surface area contributed by atoms with Gasteiger partial charge in [0.15, 0.2) is 0 Å². The number of β-amino-alcohol motifs (C(OH)–C–C–N with tert-alkyl or cyclic N) is 1. The summed E-state index contributed by atoms with van der Waals surface area (Å²) in [6.07, 6.45) is -0.142. The number of benzene rings is 1. The van der Waals surface area contributed by atoms with E-state index in [0.717, 1.165) is 0 Å². The predicted octanol–water partition coefficient (Wildman–Crippen LogP) is 0.487. The van der Waals surface area contributed by atoms with Crippen LogP contribution in [0, 0.1) is 5.82 Å². The summed E-state index contributed by atoms with van der Waals surface area (Å²) in [5.41, 5.74) is 0.163. The van der Waals surface area contributed by atoms with Crippen molar-refractivity contribution in [2.24, 2.45) is 0 Å². The zero-order valence-electron chi connectivity index (χ0n) is 8.61. The van der Waals surface area contributed by atoms with Crippen LogP contribution >= 0.6 is 0 Å². The minimum atomic E-state index is -0.503. The molecule has 5 heteroatoms. The van der Waals surface area contributed by atoms with E-state index < -0.39 is 18.0 Å². The highest BCUT2D eigenvalue weighted by Gasteiger charge is 2.28. The van der Waals surface area contributed by atoms with Gasteiger partial charge in [0.05, 0.1) is 17.8 Å². The number of nitrogens with one attached hydrogen (secondary N) is 2. The number of rotatable bonds is 2. The molecule has 0 spiro atoms. The monoisotopic (exact) mass is 224 g/mol. The van der Waals surface area contributed by atoms with Crippen LogP contribution in [0.15, 0.2) is 24.3 Å². The van der Waals surface area contributed by atoms with Crippen LogP contribution < -0.4 is 10.6 Å². The van der Waals surface area contributed by atoms with E-state index in [1.807, 2.05) is 0 Å². The van der Waals surface area contributed by atoms with Crippen molar-refractivity contribution in [1.29, 1.82) is 0 Å². The van der Waals surface area contributed by atoms with Crippen LogP contribution in [-0.4, -0.2) is 29.7 Å². The average molecular weight is 224 g/mol. The molecule has 4 nitrogen and oxygen atoms in total. The Bertz CT molecular complexity index is 397. The Kier molecular flexibility index (Phi) is 3.17. The van der Waals surface area contributed by atoms with Gasteiger partial charge in [-0.15, -0.1) is 0 Å². The number of carbonyl (C=O) groups excluding carboxylic acids is 1. The SMILES string of the molecule is O=C(Nc1ccccc1F)C1CC(O)CN1. The quantitative estimate of drug-likeness (QED) is 0.685. The molecule has 0 aromatic heterocycles. The first-order chi connectivity index (χ1) is 7.66. The number of amides is 1. The summed E-state index contributed by atoms with van der Waals surface area (Å²) in [6, 6.07) is 5.54. The van der Waals surface area contributed by atoms with Crippen molar-refractivity contribution < 1.29 is 14.3 Å². The Morgan fingerprint density at radius 1 is 1.50 bits per heavy atom. The number of aliphatic hydroxyl groups is 1. The summed E-state index contributed by atoms with van der Waals surface area (Å²) in [4.78, 5) is 11.7. The van der Waals surface area contributed by atoms with Crippen LogP contribution in [0.5, 0.6) is 0 Å². The van der Waals surface area contributed by atoms with Crippen LogP contribution in [0.2, 0.25) is 0 Å². The van der Waals surface area contributed by atoms with E-state index in [-0.39, 0.29) is 11.6 Å². The Balaban J connectivity index is 2.00. The van der Waals surface area contributed by atoms with E-state index >= 15 is 0 Å². The van der Waals surface area contributed by atoms with E-state index in [0.29, 0.717) is 13.0 Å². The zero-order valence-corrected chi connectivity index (χ0v) is 8.61. The third-order valence-electron chi connectivity index (χ3n) is 2.56. The molecule has 86 valence electrons. The van der Waals surface area contributed by atoms with E-state index in [9.17, 15) is 14.3 Å². The summed E-state index contributed by atoms with van der Waals surface area (Å²) in [5.74, 6) is -0.781. The maximum atomic E-state index is 13.2. The lowest BCUT2D eigenvalue weighted by molar-refractivity contribution is -0.118. The fraction of sp³-hybridized carbons (Fsp3) is 0.364. The van der Waals surface area contributed by atoms with Crippen LogP contribution in [-0.2, 0) is 4.79 Å². The highest BCUT2D eigenvalue weighted by Crippen LogP contribution is 2.14. The molecular formula is C11H13FN2O2. The largest absolute Gasteiger partial charge is 0.392 e. The molecule has 2 unspecified atom stereocenters. The molecule has 2 rings (SSSR count). The first-order valence-corrected chi connectivity index (χ1v) is 5.13. The summed E-state index contributed by atoms with van der Waals surface area (Å²) in [5, 5.41) is 14.6. The maximum absolute atomic E-state index is 13.2. The van der Waals surface area contributed by atoms with Gasteiger partial charge in [-0.05, 0) is 18.6 Å². The van der Waals surface area contributed by atoms with Gasteiger partial charge in [0.2, 0.25) is 5.91 Å². The molecule has 3 N–H and O–H groups in total. The molecule has 1 heterocycles. The van der Waals surface area contributed by atoms with Gasteiger partial charge in [-0.3, -0.25) is 4.79 Å². The van der Waals surface area contributed by atoms with Crippen molar-refractivity contribution in [1.82, 2.24) is 5.32 Å². The molecule has 1 aliphatic heterocycles. The lowest BCUT2D eigenvalue weighted by atomic mass is 10.2. The number of hydrogen-bond donors (Lipinski definition) is 3. The number of carbonyl (C=O) groups is 1. The van der Waals surface area contributed by atoms with Crippen molar-refractivity contribution in [3.63, 3.8) is 0 Å². The average Bonchev–Trinajstić information content (AvgIpc) is 2.68. The van der Waals surface area contributed by atoms with Gasteiger partial charge in [-0.25, -0.2) is 4.39 Å². The van der Waals surface area contributed by atoms with Crippen LogP contribution in [0.1, 0.15) is 6.42 Å². The molecule has 0 aliphatic carbocycles. The van der Waals surface area contributed by atoms with Gasteiger partial charge in [-0.2, -0.15) is 0 Å². The molecule has 1 fully saturated rings. The van der Waals surface area contributed by atoms with E-state index in [2.05, 4.69) is 10.6 Å². The molecule has 0 saturated carbocycles. The first kappa shape index (κ1) is 11.0. The van der Waals surface area contributed by atoms with E-state index in [1.54, 1.807) is 12.1 Å². The summed E-state index contributed by atoms with van der Waals surface area (Å²) in [7, 11) is 0. The number of aliphatic hydroxyl groups excluding tert-OH is 1. The number of para-hydroxylation sites is 1. The van der Waals surface area contributed by atoms with Gasteiger partial charge in [0.1, 0.15) is 5.82 Å². The summed E-state index contributed by atoms with van der Waals surface area (Å²) >= 11 is 0. The fourth-order valence-corrected chi connectivity index (χ4v) is 1.70. The van der Waals surface area contributed by atoms with Gasteiger partial charge in [0, 0.05) is 6.54 Å². The molecule has 16 heavy (non-hydrogen) atoms. The molecule has 1 amide bonds.